The molecule has 9 heteroatoms. The molecule has 146 valence electrons. The summed E-state index contributed by atoms with van der Waals surface area (Å²) in [5.41, 5.74) is 1.00. The second-order valence-electron chi connectivity index (χ2n) is 6.94. The summed E-state index contributed by atoms with van der Waals surface area (Å²) in [7, 11) is -1.73. The van der Waals surface area contributed by atoms with Gasteiger partial charge in [-0.1, -0.05) is 6.92 Å². The summed E-state index contributed by atoms with van der Waals surface area (Å²) < 4.78 is 34.5. The first-order valence-corrected chi connectivity index (χ1v) is 10.7. The average molecular weight is 384 g/mol. The summed E-state index contributed by atoms with van der Waals surface area (Å²) in [6, 6.07) is 1.99. The fourth-order valence-corrected chi connectivity index (χ4v) is 5.38. The largest absolute Gasteiger partial charge is 0.384 e. The predicted octanol–water partition coefficient (Wildman–Crippen LogP) is 0.764. The van der Waals surface area contributed by atoms with Crippen LogP contribution in [0.2, 0.25) is 0 Å². The van der Waals surface area contributed by atoms with Crippen molar-refractivity contribution in [1.82, 2.24) is 18.6 Å². The number of aromatic nitrogens is 2. The molecule has 8 nitrogen and oxygen atoms in total. The van der Waals surface area contributed by atoms with Gasteiger partial charge in [-0.05, 0) is 25.2 Å². The molecule has 0 saturated carbocycles. The summed E-state index contributed by atoms with van der Waals surface area (Å²) in [5, 5.41) is 0. The lowest BCUT2D eigenvalue weighted by molar-refractivity contribution is 0.116. The Bertz CT molecular complexity index is 689. The van der Waals surface area contributed by atoms with E-state index in [4.69, 9.17) is 4.74 Å². The van der Waals surface area contributed by atoms with Gasteiger partial charge >= 0.3 is 0 Å². The number of rotatable bonds is 6. The third-order valence-corrected chi connectivity index (χ3v) is 7.17. The normalized spacial score (nSPS) is 23.3. The Morgan fingerprint density at radius 1 is 1.15 bits per heavy atom. The molecule has 0 spiro atoms. The van der Waals surface area contributed by atoms with Gasteiger partial charge in [-0.25, -0.2) is 9.97 Å². The van der Waals surface area contributed by atoms with E-state index in [-0.39, 0.29) is 0 Å². The standard InChI is InChI=1S/C17H29N5O3S/c1-3-16-11-17(19-14-18-16)20-7-9-21(10-8-20)26(23,24)22-6-4-5-15(12-22)13-25-2/h11,14-15H,3-10,12-13H2,1-2H3. The first-order valence-electron chi connectivity index (χ1n) is 9.34. The summed E-state index contributed by atoms with van der Waals surface area (Å²) in [4.78, 5) is 10.7. The van der Waals surface area contributed by atoms with E-state index in [9.17, 15) is 8.42 Å². The van der Waals surface area contributed by atoms with Crippen molar-refractivity contribution in [2.24, 2.45) is 5.92 Å². The van der Waals surface area contributed by atoms with Crippen LogP contribution in [0.25, 0.3) is 0 Å². The molecule has 1 aromatic heterocycles. The van der Waals surface area contributed by atoms with Crippen LogP contribution in [0.5, 0.6) is 0 Å². The van der Waals surface area contributed by atoms with Gasteiger partial charge in [0.2, 0.25) is 0 Å². The lowest BCUT2D eigenvalue weighted by Crippen LogP contribution is -2.55. The minimum absolute atomic E-state index is 0.290. The molecular weight excluding hydrogens is 354 g/mol. The molecule has 2 saturated heterocycles. The highest BCUT2D eigenvalue weighted by molar-refractivity contribution is 7.86. The Kier molecular flexibility index (Phi) is 6.44. The van der Waals surface area contributed by atoms with Crippen LogP contribution in [0.1, 0.15) is 25.5 Å². The van der Waals surface area contributed by atoms with Crippen LogP contribution in [-0.2, 0) is 21.4 Å². The average Bonchev–Trinajstić information content (AvgIpc) is 2.68. The molecule has 1 unspecified atom stereocenters. The summed E-state index contributed by atoms with van der Waals surface area (Å²) in [6.45, 7) is 6.11. The van der Waals surface area contributed by atoms with Gasteiger partial charge in [-0.3, -0.25) is 0 Å². The maximum Gasteiger partial charge on any atom is 0.282 e. The Labute approximate surface area is 156 Å². The first kappa shape index (κ1) is 19.5. The van der Waals surface area contributed by atoms with Crippen molar-refractivity contribution in [3.8, 4) is 0 Å². The molecule has 1 atom stereocenters. The molecule has 3 heterocycles. The number of anilines is 1. The number of piperidine rings is 1. The van der Waals surface area contributed by atoms with Gasteiger partial charge in [-0.2, -0.15) is 17.0 Å². The zero-order valence-electron chi connectivity index (χ0n) is 15.7. The van der Waals surface area contributed by atoms with Crippen LogP contribution < -0.4 is 4.90 Å². The van der Waals surface area contributed by atoms with Crippen molar-refractivity contribution in [2.45, 2.75) is 26.2 Å². The number of aryl methyl sites for hydroxylation is 1. The highest BCUT2D eigenvalue weighted by Gasteiger charge is 2.35. The minimum Gasteiger partial charge on any atom is -0.384 e. The van der Waals surface area contributed by atoms with Gasteiger partial charge in [0.25, 0.3) is 10.2 Å². The first-order chi connectivity index (χ1) is 12.5. The number of piperazine rings is 1. The SMILES string of the molecule is CCc1cc(N2CCN(S(=O)(=O)N3CCCC(COC)C3)CC2)ncn1. The van der Waals surface area contributed by atoms with E-state index in [0.29, 0.717) is 51.8 Å². The smallest absolute Gasteiger partial charge is 0.282 e. The van der Waals surface area contributed by atoms with E-state index in [1.165, 1.54) is 0 Å². The molecule has 2 fully saturated rings. The maximum atomic E-state index is 13.0. The van der Waals surface area contributed by atoms with Crippen molar-refractivity contribution >= 4 is 16.0 Å². The van der Waals surface area contributed by atoms with E-state index in [0.717, 1.165) is 30.8 Å². The molecule has 0 aliphatic carbocycles. The van der Waals surface area contributed by atoms with Crippen LogP contribution >= 0.6 is 0 Å². The van der Waals surface area contributed by atoms with E-state index >= 15 is 0 Å². The molecule has 0 amide bonds. The topological polar surface area (TPSA) is 78.9 Å². The molecule has 0 aromatic carbocycles. The van der Waals surface area contributed by atoms with Crippen LogP contribution in [0.3, 0.4) is 0 Å². The molecule has 3 rings (SSSR count). The van der Waals surface area contributed by atoms with Crippen molar-refractivity contribution in [3.05, 3.63) is 18.1 Å². The molecule has 1 aromatic rings. The third-order valence-electron chi connectivity index (χ3n) is 5.17. The zero-order chi connectivity index (χ0) is 18.6. The lowest BCUT2D eigenvalue weighted by atomic mass is 10.0. The number of hydrogen-bond acceptors (Lipinski definition) is 6. The Hall–Kier alpha value is -1.29. The van der Waals surface area contributed by atoms with Gasteiger partial charge in [-0.15, -0.1) is 0 Å². The van der Waals surface area contributed by atoms with Gasteiger partial charge in [0.1, 0.15) is 12.1 Å². The highest BCUT2D eigenvalue weighted by Crippen LogP contribution is 2.23. The van der Waals surface area contributed by atoms with Gasteiger partial charge in [0, 0.05) is 58.1 Å². The number of hydrogen-bond donors (Lipinski definition) is 0. The van der Waals surface area contributed by atoms with Crippen molar-refractivity contribution < 1.29 is 13.2 Å². The minimum atomic E-state index is -3.40. The van der Waals surface area contributed by atoms with E-state index in [2.05, 4.69) is 21.8 Å². The third kappa shape index (κ3) is 4.33. The van der Waals surface area contributed by atoms with Crippen molar-refractivity contribution in [2.75, 3.05) is 57.9 Å². The van der Waals surface area contributed by atoms with E-state index in [1.54, 1.807) is 22.0 Å². The molecule has 0 bridgehead atoms. The van der Waals surface area contributed by atoms with Gasteiger partial charge < -0.3 is 9.64 Å². The van der Waals surface area contributed by atoms with Crippen LogP contribution in [0.4, 0.5) is 5.82 Å². The number of nitrogens with zero attached hydrogens (tertiary/aromatic N) is 5. The van der Waals surface area contributed by atoms with E-state index in [1.807, 2.05) is 6.07 Å². The fourth-order valence-electron chi connectivity index (χ4n) is 3.67. The van der Waals surface area contributed by atoms with Crippen LogP contribution in [-0.4, -0.2) is 80.0 Å². The molecule has 0 N–H and O–H groups in total. The number of ether oxygens (including phenoxy) is 1. The highest BCUT2D eigenvalue weighted by atomic mass is 32.2. The predicted molar refractivity (Wildman–Crippen MR) is 100 cm³/mol. The summed E-state index contributed by atoms with van der Waals surface area (Å²) >= 11 is 0. The second-order valence-corrected chi connectivity index (χ2v) is 8.87. The van der Waals surface area contributed by atoms with Crippen molar-refractivity contribution in [3.63, 3.8) is 0 Å². The maximum absolute atomic E-state index is 13.0. The Morgan fingerprint density at radius 3 is 2.62 bits per heavy atom. The Morgan fingerprint density at radius 2 is 1.92 bits per heavy atom. The van der Waals surface area contributed by atoms with Crippen LogP contribution in [0, 0.1) is 5.92 Å². The molecular formula is C17H29N5O3S. The Balaban J connectivity index is 1.61. The molecule has 26 heavy (non-hydrogen) atoms. The zero-order valence-corrected chi connectivity index (χ0v) is 16.5. The molecule has 0 radical (unpaired) electrons. The van der Waals surface area contributed by atoms with E-state index < -0.39 is 10.2 Å². The quantitative estimate of drug-likeness (QED) is 0.722. The summed E-state index contributed by atoms with van der Waals surface area (Å²) in [5.74, 6) is 1.17. The summed E-state index contributed by atoms with van der Waals surface area (Å²) in [6.07, 6.45) is 4.37. The fraction of sp³-hybridized carbons (Fsp3) is 0.765. The monoisotopic (exact) mass is 383 g/mol. The molecule has 2 aliphatic rings. The number of methoxy groups -OCH3 is 1. The van der Waals surface area contributed by atoms with Crippen LogP contribution in [0.15, 0.2) is 12.4 Å². The van der Waals surface area contributed by atoms with Gasteiger partial charge in [0.15, 0.2) is 0 Å². The second kappa shape index (κ2) is 8.60. The molecule has 2 aliphatic heterocycles. The van der Waals surface area contributed by atoms with Gasteiger partial charge in [0.05, 0.1) is 6.61 Å². The van der Waals surface area contributed by atoms with Crippen molar-refractivity contribution in [1.29, 1.82) is 0 Å². The lowest BCUT2D eigenvalue weighted by Gasteiger charge is -2.39.